The zero-order valence-corrected chi connectivity index (χ0v) is 13.0. The van der Waals surface area contributed by atoms with Crippen LogP contribution in [0.3, 0.4) is 0 Å². The number of aryl methyl sites for hydroxylation is 1. The van der Waals surface area contributed by atoms with Gasteiger partial charge in [-0.3, -0.25) is 0 Å². The molecule has 0 aliphatic carbocycles. The fraction of sp³-hybridized carbons (Fsp3) is 0.286. The Morgan fingerprint density at radius 1 is 1.20 bits per heavy atom. The Balaban J connectivity index is 2.16. The lowest BCUT2D eigenvalue weighted by molar-refractivity contribution is 0.481. The van der Waals surface area contributed by atoms with E-state index in [-0.39, 0.29) is 5.25 Å². The molecule has 0 saturated carbocycles. The molecule has 2 aromatic rings. The maximum Gasteiger partial charge on any atom is 0.175 e. The van der Waals surface area contributed by atoms with Gasteiger partial charge in [-0.05, 0) is 43.3 Å². The highest BCUT2D eigenvalue weighted by Gasteiger charge is 2.15. The van der Waals surface area contributed by atoms with E-state index in [9.17, 15) is 8.42 Å². The summed E-state index contributed by atoms with van der Waals surface area (Å²) in [6.07, 6.45) is 1.20. The normalized spacial score (nSPS) is 13.3. The van der Waals surface area contributed by atoms with E-state index in [4.69, 9.17) is 10.2 Å². The molecular weight excluding hydrogens is 294 g/mol. The van der Waals surface area contributed by atoms with Crippen LogP contribution in [-0.4, -0.2) is 21.2 Å². The first-order valence-corrected chi connectivity index (χ1v) is 8.90. The smallest absolute Gasteiger partial charge is 0.175 e. The first kappa shape index (κ1) is 15.2. The molecule has 1 aromatic carbocycles. The van der Waals surface area contributed by atoms with Crippen molar-refractivity contribution in [1.82, 2.24) is 0 Å². The summed E-state index contributed by atoms with van der Waals surface area (Å²) in [6.45, 7) is 2.34. The van der Waals surface area contributed by atoms with Crippen LogP contribution in [-0.2, 0) is 9.84 Å². The minimum absolute atomic E-state index is 0.0211. The summed E-state index contributed by atoms with van der Waals surface area (Å²) in [7, 11) is -3.15. The van der Waals surface area contributed by atoms with Gasteiger partial charge in [0.1, 0.15) is 11.5 Å². The van der Waals surface area contributed by atoms with Crippen molar-refractivity contribution in [3.8, 4) is 0 Å². The minimum Gasteiger partial charge on any atom is -0.465 e. The Kier molecular flexibility index (Phi) is 4.57. The molecule has 108 valence electrons. The van der Waals surface area contributed by atoms with Crippen LogP contribution in [0.15, 0.2) is 50.6 Å². The molecule has 2 rings (SSSR count). The number of sulfone groups is 1. The topological polar surface area (TPSA) is 73.3 Å². The largest absolute Gasteiger partial charge is 0.465 e. The number of benzene rings is 1. The second-order valence-corrected chi connectivity index (χ2v) is 7.83. The van der Waals surface area contributed by atoms with Gasteiger partial charge in [0.05, 0.1) is 10.1 Å². The quantitative estimate of drug-likeness (QED) is 0.860. The molecule has 1 heterocycles. The van der Waals surface area contributed by atoms with Gasteiger partial charge in [0, 0.05) is 17.7 Å². The van der Waals surface area contributed by atoms with Gasteiger partial charge in [-0.1, -0.05) is 0 Å². The van der Waals surface area contributed by atoms with Crippen LogP contribution in [0, 0.1) is 6.92 Å². The van der Waals surface area contributed by atoms with E-state index in [1.165, 1.54) is 6.26 Å². The number of thioether (sulfide) groups is 1. The van der Waals surface area contributed by atoms with Gasteiger partial charge in [-0.15, -0.1) is 11.8 Å². The summed E-state index contributed by atoms with van der Waals surface area (Å²) >= 11 is 1.56. The second kappa shape index (κ2) is 6.03. The Morgan fingerprint density at radius 2 is 1.85 bits per heavy atom. The van der Waals surface area contributed by atoms with Crippen LogP contribution < -0.4 is 5.73 Å². The molecule has 1 aromatic heterocycles. The van der Waals surface area contributed by atoms with E-state index in [0.717, 1.165) is 16.4 Å². The van der Waals surface area contributed by atoms with Crippen LogP contribution in [0.2, 0.25) is 0 Å². The summed E-state index contributed by atoms with van der Waals surface area (Å²) in [4.78, 5) is 1.28. The van der Waals surface area contributed by atoms with E-state index in [1.54, 1.807) is 36.0 Å². The third-order valence-electron chi connectivity index (χ3n) is 2.82. The molecule has 20 heavy (non-hydrogen) atoms. The van der Waals surface area contributed by atoms with Crippen molar-refractivity contribution in [2.75, 3.05) is 12.8 Å². The van der Waals surface area contributed by atoms with Gasteiger partial charge in [-0.25, -0.2) is 8.42 Å². The molecule has 2 N–H and O–H groups in total. The molecule has 0 bridgehead atoms. The summed E-state index contributed by atoms with van der Waals surface area (Å²) in [5, 5.41) is 0.0211. The lowest BCUT2D eigenvalue weighted by Gasteiger charge is -2.12. The van der Waals surface area contributed by atoms with Crippen LogP contribution in [0.25, 0.3) is 0 Å². The molecule has 0 saturated heterocycles. The zero-order chi connectivity index (χ0) is 14.8. The van der Waals surface area contributed by atoms with Gasteiger partial charge in [0.15, 0.2) is 9.84 Å². The lowest BCUT2D eigenvalue weighted by atomic mass is 10.3. The molecule has 0 spiro atoms. The van der Waals surface area contributed by atoms with Crippen molar-refractivity contribution in [2.45, 2.75) is 22.0 Å². The fourth-order valence-electron chi connectivity index (χ4n) is 1.78. The Morgan fingerprint density at radius 3 is 2.30 bits per heavy atom. The van der Waals surface area contributed by atoms with E-state index in [1.807, 2.05) is 19.1 Å². The number of furan rings is 1. The summed E-state index contributed by atoms with van der Waals surface area (Å²) in [5.74, 6) is 1.69. The van der Waals surface area contributed by atoms with Gasteiger partial charge in [0.2, 0.25) is 0 Å². The van der Waals surface area contributed by atoms with E-state index in [2.05, 4.69) is 0 Å². The molecule has 0 aliphatic rings. The highest BCUT2D eigenvalue weighted by Crippen LogP contribution is 2.35. The van der Waals surface area contributed by atoms with Gasteiger partial charge >= 0.3 is 0 Å². The Hall–Kier alpha value is -1.24. The Bertz CT molecular complexity index is 675. The van der Waals surface area contributed by atoms with Gasteiger partial charge in [-0.2, -0.15) is 0 Å². The van der Waals surface area contributed by atoms with Crippen LogP contribution in [0.4, 0.5) is 0 Å². The number of hydrogen-bond acceptors (Lipinski definition) is 5. The summed E-state index contributed by atoms with van der Waals surface area (Å²) in [5.41, 5.74) is 5.78. The molecule has 4 nitrogen and oxygen atoms in total. The van der Waals surface area contributed by atoms with Crippen LogP contribution in [0.5, 0.6) is 0 Å². The zero-order valence-electron chi connectivity index (χ0n) is 11.4. The molecule has 0 aliphatic heterocycles. The monoisotopic (exact) mass is 311 g/mol. The molecule has 1 atom stereocenters. The van der Waals surface area contributed by atoms with Crippen molar-refractivity contribution in [1.29, 1.82) is 0 Å². The highest BCUT2D eigenvalue weighted by molar-refractivity contribution is 7.99. The van der Waals surface area contributed by atoms with E-state index < -0.39 is 9.84 Å². The lowest BCUT2D eigenvalue weighted by Crippen LogP contribution is -2.08. The molecule has 0 fully saturated rings. The number of nitrogens with two attached hydrogens (primary N) is 1. The standard InChI is InChI=1S/C14H17NO3S2/c1-10-3-8-13(18-10)14(9-15)19-11-4-6-12(7-5-11)20(2,16)17/h3-8,14H,9,15H2,1-2H3. The third kappa shape index (κ3) is 3.65. The molecule has 6 heteroatoms. The molecule has 0 radical (unpaired) electrons. The highest BCUT2D eigenvalue weighted by atomic mass is 32.2. The van der Waals surface area contributed by atoms with Crippen LogP contribution >= 0.6 is 11.8 Å². The van der Waals surface area contributed by atoms with Crippen molar-refractivity contribution in [2.24, 2.45) is 5.73 Å². The van der Waals surface area contributed by atoms with Crippen molar-refractivity contribution >= 4 is 21.6 Å². The number of hydrogen-bond donors (Lipinski definition) is 1. The summed E-state index contributed by atoms with van der Waals surface area (Å²) in [6, 6.07) is 10.6. The molecular formula is C14H17NO3S2. The SMILES string of the molecule is Cc1ccc(C(CN)Sc2ccc(S(C)(=O)=O)cc2)o1. The predicted molar refractivity (Wildman–Crippen MR) is 80.6 cm³/mol. The average Bonchev–Trinajstić information content (AvgIpc) is 2.82. The van der Waals surface area contributed by atoms with E-state index in [0.29, 0.717) is 11.4 Å². The molecule has 0 amide bonds. The van der Waals surface area contributed by atoms with Crippen molar-refractivity contribution < 1.29 is 12.8 Å². The predicted octanol–water partition coefficient (Wildman–Crippen LogP) is 2.78. The molecule has 1 unspecified atom stereocenters. The fourth-order valence-corrected chi connectivity index (χ4v) is 3.37. The number of rotatable bonds is 5. The first-order chi connectivity index (χ1) is 9.40. The maximum absolute atomic E-state index is 11.4. The van der Waals surface area contributed by atoms with Crippen molar-refractivity contribution in [3.63, 3.8) is 0 Å². The van der Waals surface area contributed by atoms with Crippen LogP contribution in [0.1, 0.15) is 16.8 Å². The minimum atomic E-state index is -3.15. The Labute approximate surface area is 123 Å². The van der Waals surface area contributed by atoms with E-state index >= 15 is 0 Å². The van der Waals surface area contributed by atoms with Crippen molar-refractivity contribution in [3.05, 3.63) is 47.9 Å². The average molecular weight is 311 g/mol. The first-order valence-electron chi connectivity index (χ1n) is 6.13. The van der Waals surface area contributed by atoms with Gasteiger partial charge in [0.25, 0.3) is 0 Å². The van der Waals surface area contributed by atoms with Gasteiger partial charge < -0.3 is 10.2 Å². The maximum atomic E-state index is 11.4. The second-order valence-electron chi connectivity index (χ2n) is 4.53. The third-order valence-corrected chi connectivity index (χ3v) is 5.20. The summed E-state index contributed by atoms with van der Waals surface area (Å²) < 4.78 is 28.4.